The molecule has 1 aromatic rings. The van der Waals surface area contributed by atoms with Crippen LogP contribution in [-0.4, -0.2) is 35.7 Å². The summed E-state index contributed by atoms with van der Waals surface area (Å²) in [6, 6.07) is 6.12. The molecule has 0 radical (unpaired) electrons. The lowest BCUT2D eigenvalue weighted by Gasteiger charge is -2.35. The molecule has 0 saturated carbocycles. The van der Waals surface area contributed by atoms with E-state index in [1.807, 2.05) is 45.9 Å². The summed E-state index contributed by atoms with van der Waals surface area (Å²) in [7, 11) is 0. The van der Waals surface area contributed by atoms with Crippen molar-refractivity contribution in [1.29, 1.82) is 0 Å². The molecule has 1 heterocycles. The summed E-state index contributed by atoms with van der Waals surface area (Å²) < 4.78 is 5.45. The lowest BCUT2D eigenvalue weighted by Crippen LogP contribution is -2.47. The second-order valence-corrected chi connectivity index (χ2v) is 7.30. The topological polar surface area (TPSA) is 41.6 Å². The minimum absolute atomic E-state index is 0.195. The van der Waals surface area contributed by atoms with E-state index in [0.717, 1.165) is 30.6 Å². The Morgan fingerprint density at radius 2 is 2.14 bits per heavy atom. The molecule has 0 aromatic heterocycles. The van der Waals surface area contributed by atoms with Crippen LogP contribution < -0.4 is 5.32 Å². The van der Waals surface area contributed by atoms with Crippen molar-refractivity contribution in [3.05, 3.63) is 28.8 Å². The Labute approximate surface area is 137 Å². The molecule has 1 amide bonds. The molecule has 1 unspecified atom stereocenters. The standard InChI is InChI=1S/C17H25ClN2O2/c1-12-7-8-14(18)15(10-12)19-13-6-5-9-20(11-13)16(21)22-17(2,3)4/h7-8,10,13,19H,5-6,9,11H2,1-4H3. The Hall–Kier alpha value is -1.42. The minimum Gasteiger partial charge on any atom is -0.444 e. The summed E-state index contributed by atoms with van der Waals surface area (Å²) in [5, 5.41) is 4.16. The Balaban J connectivity index is 1.98. The molecule has 1 saturated heterocycles. The number of nitrogens with one attached hydrogen (secondary N) is 1. The predicted molar refractivity (Wildman–Crippen MR) is 90.6 cm³/mol. The van der Waals surface area contributed by atoms with Gasteiger partial charge in [0.1, 0.15) is 5.60 Å². The van der Waals surface area contributed by atoms with Gasteiger partial charge in [-0.1, -0.05) is 17.7 Å². The van der Waals surface area contributed by atoms with Crippen LogP contribution in [0.4, 0.5) is 10.5 Å². The second-order valence-electron chi connectivity index (χ2n) is 6.89. The van der Waals surface area contributed by atoms with E-state index in [1.54, 1.807) is 4.90 Å². The molecule has 1 fully saturated rings. The van der Waals surface area contributed by atoms with Crippen LogP contribution >= 0.6 is 11.6 Å². The highest BCUT2D eigenvalue weighted by atomic mass is 35.5. The quantitative estimate of drug-likeness (QED) is 0.873. The molecule has 0 aliphatic carbocycles. The number of carbonyl (C=O) groups is 1. The Bertz CT molecular complexity index is 540. The Morgan fingerprint density at radius 1 is 1.41 bits per heavy atom. The smallest absolute Gasteiger partial charge is 0.410 e. The van der Waals surface area contributed by atoms with Gasteiger partial charge in [-0.25, -0.2) is 4.79 Å². The molecule has 1 atom stereocenters. The third kappa shape index (κ3) is 4.80. The van der Waals surface area contributed by atoms with E-state index < -0.39 is 5.60 Å². The number of benzene rings is 1. The van der Waals surface area contributed by atoms with Crippen LogP contribution in [0.25, 0.3) is 0 Å². The van der Waals surface area contributed by atoms with Gasteiger partial charge in [-0.05, 0) is 58.2 Å². The number of nitrogens with zero attached hydrogens (tertiary/aromatic N) is 1. The van der Waals surface area contributed by atoms with Crippen molar-refractivity contribution in [3.63, 3.8) is 0 Å². The zero-order valence-electron chi connectivity index (χ0n) is 13.8. The molecule has 1 aliphatic rings. The number of amides is 1. The Kier molecular flexibility index (Phi) is 5.22. The highest BCUT2D eigenvalue weighted by Gasteiger charge is 2.27. The van der Waals surface area contributed by atoms with Gasteiger partial charge < -0.3 is 15.0 Å². The molecule has 1 aromatic carbocycles. The summed E-state index contributed by atoms with van der Waals surface area (Å²) in [6.45, 7) is 9.08. The van der Waals surface area contributed by atoms with Crippen molar-refractivity contribution in [2.24, 2.45) is 0 Å². The number of rotatable bonds is 2. The molecule has 1 aliphatic heterocycles. The van der Waals surface area contributed by atoms with Crippen LogP contribution in [0.1, 0.15) is 39.2 Å². The molecule has 0 bridgehead atoms. The van der Waals surface area contributed by atoms with E-state index in [4.69, 9.17) is 16.3 Å². The first-order chi connectivity index (χ1) is 10.2. The van der Waals surface area contributed by atoms with Crippen LogP contribution in [-0.2, 0) is 4.74 Å². The van der Waals surface area contributed by atoms with Crippen molar-refractivity contribution < 1.29 is 9.53 Å². The molecule has 2 rings (SSSR count). The minimum atomic E-state index is -0.461. The van der Waals surface area contributed by atoms with E-state index in [-0.39, 0.29) is 12.1 Å². The van der Waals surface area contributed by atoms with Crippen LogP contribution in [0.2, 0.25) is 5.02 Å². The summed E-state index contributed by atoms with van der Waals surface area (Å²) in [4.78, 5) is 14.0. The number of hydrogen-bond donors (Lipinski definition) is 1. The first-order valence-corrected chi connectivity index (χ1v) is 8.13. The summed E-state index contributed by atoms with van der Waals surface area (Å²) >= 11 is 6.23. The number of anilines is 1. The largest absolute Gasteiger partial charge is 0.444 e. The normalized spacial score (nSPS) is 19.0. The number of carbonyl (C=O) groups excluding carboxylic acids is 1. The third-order valence-corrected chi connectivity index (χ3v) is 3.88. The van der Waals surface area contributed by atoms with E-state index in [2.05, 4.69) is 5.32 Å². The number of aryl methyl sites for hydroxylation is 1. The van der Waals surface area contributed by atoms with Crippen molar-refractivity contribution >= 4 is 23.4 Å². The molecule has 1 N–H and O–H groups in total. The fourth-order valence-electron chi connectivity index (χ4n) is 2.56. The van der Waals surface area contributed by atoms with Gasteiger partial charge in [-0.2, -0.15) is 0 Å². The third-order valence-electron chi connectivity index (χ3n) is 3.55. The molecular weight excluding hydrogens is 300 g/mol. The fourth-order valence-corrected chi connectivity index (χ4v) is 2.73. The molecule has 5 heteroatoms. The Morgan fingerprint density at radius 3 is 2.82 bits per heavy atom. The summed E-state index contributed by atoms with van der Waals surface area (Å²) in [6.07, 6.45) is 1.73. The van der Waals surface area contributed by atoms with Crippen LogP contribution in [0, 0.1) is 6.92 Å². The number of hydrogen-bond acceptors (Lipinski definition) is 3. The fraction of sp³-hybridized carbons (Fsp3) is 0.588. The zero-order valence-corrected chi connectivity index (χ0v) is 14.5. The van der Waals surface area contributed by atoms with Gasteiger partial charge in [0.25, 0.3) is 0 Å². The average Bonchev–Trinajstić information content (AvgIpc) is 2.41. The number of likely N-dealkylation sites (tertiary alicyclic amines) is 1. The molecule has 0 spiro atoms. The van der Waals surface area contributed by atoms with Gasteiger partial charge in [-0.3, -0.25) is 0 Å². The van der Waals surface area contributed by atoms with Gasteiger partial charge in [0.05, 0.1) is 10.7 Å². The molecule has 22 heavy (non-hydrogen) atoms. The maximum Gasteiger partial charge on any atom is 0.410 e. The SMILES string of the molecule is Cc1ccc(Cl)c(NC2CCCN(C(=O)OC(C)(C)C)C2)c1. The first-order valence-electron chi connectivity index (χ1n) is 7.75. The number of halogens is 1. The average molecular weight is 325 g/mol. The monoisotopic (exact) mass is 324 g/mol. The van der Waals surface area contributed by atoms with Gasteiger partial charge in [0, 0.05) is 19.1 Å². The highest BCUT2D eigenvalue weighted by Crippen LogP contribution is 2.25. The van der Waals surface area contributed by atoms with Crippen LogP contribution in [0.3, 0.4) is 0 Å². The van der Waals surface area contributed by atoms with Crippen molar-refractivity contribution in [2.75, 3.05) is 18.4 Å². The van der Waals surface area contributed by atoms with Crippen LogP contribution in [0.15, 0.2) is 18.2 Å². The van der Waals surface area contributed by atoms with E-state index in [1.165, 1.54) is 0 Å². The van der Waals surface area contributed by atoms with Gasteiger partial charge in [0.15, 0.2) is 0 Å². The summed E-state index contributed by atoms with van der Waals surface area (Å²) in [5.41, 5.74) is 1.63. The molecular formula is C17H25ClN2O2. The van der Waals surface area contributed by atoms with Gasteiger partial charge in [0.2, 0.25) is 0 Å². The highest BCUT2D eigenvalue weighted by molar-refractivity contribution is 6.33. The molecule has 4 nitrogen and oxygen atoms in total. The zero-order chi connectivity index (χ0) is 16.3. The van der Waals surface area contributed by atoms with Crippen LogP contribution in [0.5, 0.6) is 0 Å². The second kappa shape index (κ2) is 6.78. The van der Waals surface area contributed by atoms with Crippen molar-refractivity contribution in [2.45, 2.75) is 52.2 Å². The van der Waals surface area contributed by atoms with Crippen molar-refractivity contribution in [3.8, 4) is 0 Å². The van der Waals surface area contributed by atoms with E-state index in [0.29, 0.717) is 11.6 Å². The number of ether oxygens (including phenoxy) is 1. The van der Waals surface area contributed by atoms with E-state index in [9.17, 15) is 4.79 Å². The first kappa shape index (κ1) is 16.9. The van der Waals surface area contributed by atoms with Gasteiger partial charge in [-0.15, -0.1) is 0 Å². The molecule has 122 valence electrons. The maximum atomic E-state index is 12.2. The number of piperidine rings is 1. The van der Waals surface area contributed by atoms with Gasteiger partial charge >= 0.3 is 6.09 Å². The lowest BCUT2D eigenvalue weighted by atomic mass is 10.1. The lowest BCUT2D eigenvalue weighted by molar-refractivity contribution is 0.0206. The summed E-state index contributed by atoms with van der Waals surface area (Å²) in [5.74, 6) is 0. The predicted octanol–water partition coefficient (Wildman–Crippen LogP) is 4.46. The van der Waals surface area contributed by atoms with Crippen molar-refractivity contribution in [1.82, 2.24) is 4.90 Å². The maximum absolute atomic E-state index is 12.2. The van der Waals surface area contributed by atoms with E-state index >= 15 is 0 Å².